The molecule has 1 heterocycles. The van der Waals surface area contributed by atoms with Gasteiger partial charge in [0.1, 0.15) is 12.1 Å². The molecule has 0 saturated carbocycles. The van der Waals surface area contributed by atoms with Crippen LogP contribution in [-0.4, -0.2) is 9.97 Å². The van der Waals surface area contributed by atoms with Gasteiger partial charge in [-0.2, -0.15) is 0 Å². The summed E-state index contributed by atoms with van der Waals surface area (Å²) in [6.45, 7) is 4.20. The summed E-state index contributed by atoms with van der Waals surface area (Å²) in [7, 11) is 0. The van der Waals surface area contributed by atoms with Gasteiger partial charge in [0.25, 0.3) is 0 Å². The highest BCUT2D eigenvalue weighted by atomic mass is 14.9. The second kappa shape index (κ2) is 4.31. The van der Waals surface area contributed by atoms with Crippen LogP contribution in [0.15, 0.2) is 30.6 Å². The molecule has 82 valence electrons. The molecule has 0 fully saturated rings. The number of anilines is 1. The second-order valence-electron chi connectivity index (χ2n) is 4.11. The minimum Gasteiger partial charge on any atom is -0.384 e. The van der Waals surface area contributed by atoms with Gasteiger partial charge in [-0.1, -0.05) is 29.3 Å². The number of aryl methyl sites for hydroxylation is 2. The molecule has 0 unspecified atom stereocenters. The Bertz CT molecular complexity index is 486. The molecule has 1 aromatic carbocycles. The van der Waals surface area contributed by atoms with Crippen molar-refractivity contribution in [3.8, 4) is 0 Å². The summed E-state index contributed by atoms with van der Waals surface area (Å²) in [4.78, 5) is 8.09. The molecule has 3 nitrogen and oxygen atoms in total. The van der Waals surface area contributed by atoms with E-state index in [1.54, 1.807) is 0 Å². The van der Waals surface area contributed by atoms with Crippen LogP contribution < -0.4 is 5.73 Å². The fourth-order valence-electron chi connectivity index (χ4n) is 1.89. The molecule has 0 amide bonds. The Morgan fingerprint density at radius 1 is 1.00 bits per heavy atom. The number of nitrogen functional groups attached to an aromatic ring is 1. The van der Waals surface area contributed by atoms with Crippen LogP contribution in [0.25, 0.3) is 0 Å². The van der Waals surface area contributed by atoms with E-state index in [9.17, 15) is 0 Å². The van der Waals surface area contributed by atoms with Crippen molar-refractivity contribution >= 4 is 5.82 Å². The molecule has 2 aromatic rings. The van der Waals surface area contributed by atoms with E-state index in [2.05, 4.69) is 42.0 Å². The lowest BCUT2D eigenvalue weighted by molar-refractivity contribution is 1.03. The molecule has 3 heteroatoms. The molecule has 0 radical (unpaired) electrons. The number of nitrogens with two attached hydrogens (primary N) is 1. The third-order valence-corrected chi connectivity index (χ3v) is 2.41. The van der Waals surface area contributed by atoms with E-state index in [-0.39, 0.29) is 0 Å². The van der Waals surface area contributed by atoms with Gasteiger partial charge in [0.15, 0.2) is 0 Å². The van der Waals surface area contributed by atoms with Crippen LogP contribution in [0.3, 0.4) is 0 Å². The van der Waals surface area contributed by atoms with E-state index >= 15 is 0 Å². The van der Waals surface area contributed by atoms with Crippen LogP contribution in [0, 0.1) is 13.8 Å². The Labute approximate surface area is 95.4 Å². The maximum absolute atomic E-state index is 5.62. The van der Waals surface area contributed by atoms with Crippen molar-refractivity contribution in [2.75, 3.05) is 5.73 Å². The minimum atomic E-state index is 0.523. The van der Waals surface area contributed by atoms with Gasteiger partial charge in [-0.15, -0.1) is 0 Å². The van der Waals surface area contributed by atoms with E-state index in [1.165, 1.54) is 23.0 Å². The first kappa shape index (κ1) is 10.6. The predicted octanol–water partition coefficient (Wildman–Crippen LogP) is 2.27. The second-order valence-corrected chi connectivity index (χ2v) is 4.11. The van der Waals surface area contributed by atoms with Crippen LogP contribution >= 0.6 is 0 Å². The number of aromatic nitrogens is 2. The van der Waals surface area contributed by atoms with Crippen LogP contribution in [0.2, 0.25) is 0 Å². The Kier molecular flexibility index (Phi) is 2.86. The maximum atomic E-state index is 5.62. The normalized spacial score (nSPS) is 10.4. The van der Waals surface area contributed by atoms with Gasteiger partial charge in [0.05, 0.1) is 5.69 Å². The van der Waals surface area contributed by atoms with Crippen molar-refractivity contribution in [3.05, 3.63) is 53.0 Å². The van der Waals surface area contributed by atoms with E-state index < -0.39 is 0 Å². The highest BCUT2D eigenvalue weighted by Gasteiger charge is 2.00. The number of benzene rings is 1. The summed E-state index contributed by atoms with van der Waals surface area (Å²) >= 11 is 0. The van der Waals surface area contributed by atoms with Crippen LogP contribution in [0.5, 0.6) is 0 Å². The molecule has 1 aromatic heterocycles. The molecule has 2 rings (SSSR count). The summed E-state index contributed by atoms with van der Waals surface area (Å²) in [5, 5.41) is 0. The number of hydrogen-bond acceptors (Lipinski definition) is 3. The number of hydrogen-bond donors (Lipinski definition) is 1. The van der Waals surface area contributed by atoms with Gasteiger partial charge in [0.2, 0.25) is 0 Å². The average Bonchev–Trinajstić information content (AvgIpc) is 2.15. The number of nitrogens with zero attached hydrogens (tertiary/aromatic N) is 2. The molecule has 16 heavy (non-hydrogen) atoms. The zero-order chi connectivity index (χ0) is 11.5. The standard InChI is InChI=1S/C13H15N3/c1-9-3-10(2)5-11(4-9)6-12-7-13(14)16-8-15-12/h3-5,7-8H,6H2,1-2H3,(H2,14,15,16). The molecule has 0 saturated heterocycles. The Morgan fingerprint density at radius 2 is 1.69 bits per heavy atom. The van der Waals surface area contributed by atoms with E-state index in [1.807, 2.05) is 6.07 Å². The molecule has 0 aliphatic rings. The molecule has 0 atom stereocenters. The average molecular weight is 213 g/mol. The molecule has 0 bridgehead atoms. The van der Waals surface area contributed by atoms with Crippen molar-refractivity contribution in [1.82, 2.24) is 9.97 Å². The van der Waals surface area contributed by atoms with Crippen molar-refractivity contribution in [3.63, 3.8) is 0 Å². The first-order valence-electron chi connectivity index (χ1n) is 5.27. The monoisotopic (exact) mass is 213 g/mol. The summed E-state index contributed by atoms with van der Waals surface area (Å²) in [6.07, 6.45) is 2.31. The topological polar surface area (TPSA) is 51.8 Å². The zero-order valence-corrected chi connectivity index (χ0v) is 9.57. The molecule has 0 aliphatic carbocycles. The van der Waals surface area contributed by atoms with E-state index in [0.29, 0.717) is 5.82 Å². The first-order valence-corrected chi connectivity index (χ1v) is 5.27. The van der Waals surface area contributed by atoms with Crippen molar-refractivity contribution in [2.24, 2.45) is 0 Å². The first-order chi connectivity index (χ1) is 7.63. The lowest BCUT2D eigenvalue weighted by Crippen LogP contribution is -1.97. The summed E-state index contributed by atoms with van der Waals surface area (Å²) in [5.41, 5.74) is 10.4. The largest absolute Gasteiger partial charge is 0.384 e. The molecular formula is C13H15N3. The third-order valence-electron chi connectivity index (χ3n) is 2.41. The maximum Gasteiger partial charge on any atom is 0.127 e. The quantitative estimate of drug-likeness (QED) is 0.832. The lowest BCUT2D eigenvalue weighted by atomic mass is 10.0. The number of rotatable bonds is 2. The predicted molar refractivity (Wildman–Crippen MR) is 65.2 cm³/mol. The van der Waals surface area contributed by atoms with Gasteiger partial charge in [-0.3, -0.25) is 0 Å². The Hall–Kier alpha value is -1.90. The third kappa shape index (κ3) is 2.57. The Morgan fingerprint density at radius 3 is 2.31 bits per heavy atom. The van der Waals surface area contributed by atoms with Crippen molar-refractivity contribution in [1.29, 1.82) is 0 Å². The van der Waals surface area contributed by atoms with Gasteiger partial charge in [0, 0.05) is 12.5 Å². The highest BCUT2D eigenvalue weighted by molar-refractivity contribution is 5.34. The van der Waals surface area contributed by atoms with E-state index in [0.717, 1.165) is 12.1 Å². The van der Waals surface area contributed by atoms with Gasteiger partial charge < -0.3 is 5.73 Å². The zero-order valence-electron chi connectivity index (χ0n) is 9.57. The Balaban J connectivity index is 2.27. The lowest BCUT2D eigenvalue weighted by Gasteiger charge is -2.04. The minimum absolute atomic E-state index is 0.523. The van der Waals surface area contributed by atoms with Gasteiger partial charge >= 0.3 is 0 Å². The van der Waals surface area contributed by atoms with Crippen LogP contribution in [-0.2, 0) is 6.42 Å². The summed E-state index contributed by atoms with van der Waals surface area (Å²) in [5.74, 6) is 0.523. The molecule has 0 aliphatic heterocycles. The van der Waals surface area contributed by atoms with E-state index in [4.69, 9.17) is 5.73 Å². The van der Waals surface area contributed by atoms with Crippen molar-refractivity contribution in [2.45, 2.75) is 20.3 Å². The fourth-order valence-corrected chi connectivity index (χ4v) is 1.89. The van der Waals surface area contributed by atoms with Crippen molar-refractivity contribution < 1.29 is 0 Å². The smallest absolute Gasteiger partial charge is 0.127 e. The van der Waals surface area contributed by atoms with Crippen LogP contribution in [0.4, 0.5) is 5.82 Å². The van der Waals surface area contributed by atoms with Crippen LogP contribution in [0.1, 0.15) is 22.4 Å². The summed E-state index contributed by atoms with van der Waals surface area (Å²) < 4.78 is 0. The molecule has 2 N–H and O–H groups in total. The van der Waals surface area contributed by atoms with Gasteiger partial charge in [-0.05, 0) is 19.4 Å². The summed E-state index contributed by atoms with van der Waals surface area (Å²) in [6, 6.07) is 8.33. The SMILES string of the molecule is Cc1cc(C)cc(Cc2cc(N)ncn2)c1. The molecule has 0 spiro atoms. The highest BCUT2D eigenvalue weighted by Crippen LogP contribution is 2.13. The molecular weight excluding hydrogens is 198 g/mol. The fraction of sp³-hybridized carbons (Fsp3) is 0.231. The van der Waals surface area contributed by atoms with Gasteiger partial charge in [-0.25, -0.2) is 9.97 Å².